The second kappa shape index (κ2) is 4.94. The molecule has 20 heavy (non-hydrogen) atoms. The maximum atomic E-state index is 12.2. The van der Waals surface area contributed by atoms with Crippen LogP contribution in [0.5, 0.6) is 0 Å². The fourth-order valence-electron chi connectivity index (χ4n) is 2.88. The molecule has 1 N–H and O–H groups in total. The van der Waals surface area contributed by atoms with Crippen molar-refractivity contribution in [1.29, 1.82) is 0 Å². The number of nitrogens with one attached hydrogen (secondary N) is 1. The van der Waals surface area contributed by atoms with Gasteiger partial charge in [-0.1, -0.05) is 35.9 Å². The van der Waals surface area contributed by atoms with Crippen LogP contribution in [0.1, 0.15) is 19.8 Å². The highest BCUT2D eigenvalue weighted by Crippen LogP contribution is 2.42. The molecule has 0 saturated carbocycles. The van der Waals surface area contributed by atoms with Gasteiger partial charge in [0.25, 0.3) is 0 Å². The molecule has 1 heterocycles. The predicted octanol–water partition coefficient (Wildman–Crippen LogP) is 2.59. The number of hydrazone groups is 1. The van der Waals surface area contributed by atoms with Crippen molar-refractivity contribution in [2.24, 2.45) is 5.10 Å². The van der Waals surface area contributed by atoms with Crippen LogP contribution >= 0.6 is 11.6 Å². The molecule has 1 unspecified atom stereocenters. The Labute approximate surface area is 122 Å². The quantitative estimate of drug-likeness (QED) is 0.795. The van der Waals surface area contributed by atoms with E-state index < -0.39 is 11.5 Å². The van der Waals surface area contributed by atoms with Crippen LogP contribution in [0.2, 0.25) is 0 Å². The molecule has 0 radical (unpaired) electrons. The maximum absolute atomic E-state index is 12.2. The van der Waals surface area contributed by atoms with E-state index in [1.54, 1.807) is 6.92 Å². The summed E-state index contributed by atoms with van der Waals surface area (Å²) in [4.78, 5) is 12.2. The predicted molar refractivity (Wildman–Crippen MR) is 78.4 cm³/mol. The largest absolute Gasteiger partial charge is 0.462 e. The van der Waals surface area contributed by atoms with E-state index in [1.165, 1.54) is 0 Å². The van der Waals surface area contributed by atoms with Crippen molar-refractivity contribution in [1.82, 2.24) is 5.43 Å². The zero-order valence-corrected chi connectivity index (χ0v) is 11.9. The third-order valence-corrected chi connectivity index (χ3v) is 4.01. The van der Waals surface area contributed by atoms with Gasteiger partial charge in [-0.3, -0.25) is 5.43 Å². The summed E-state index contributed by atoms with van der Waals surface area (Å²) in [5.74, 6) is -0.402. The highest BCUT2D eigenvalue weighted by Gasteiger charge is 2.44. The number of esters is 1. The minimum Gasteiger partial charge on any atom is -0.462 e. The second-order valence-electron chi connectivity index (χ2n) is 4.81. The molecule has 4 nitrogen and oxygen atoms in total. The summed E-state index contributed by atoms with van der Waals surface area (Å²) in [6, 6.07) is 0. The molecule has 0 saturated heterocycles. The Morgan fingerprint density at radius 3 is 3.20 bits per heavy atom. The van der Waals surface area contributed by atoms with Crippen LogP contribution in [0.4, 0.5) is 0 Å². The molecule has 2 aliphatic carbocycles. The first-order valence-electron chi connectivity index (χ1n) is 6.67. The van der Waals surface area contributed by atoms with Crippen LogP contribution in [-0.4, -0.2) is 23.3 Å². The van der Waals surface area contributed by atoms with Crippen LogP contribution in [0.3, 0.4) is 0 Å². The number of ether oxygens (including phenoxy) is 1. The summed E-state index contributed by atoms with van der Waals surface area (Å²) in [7, 11) is 0. The number of allylic oxidation sites excluding steroid dienone is 3. The van der Waals surface area contributed by atoms with Gasteiger partial charge in [-0.05, 0) is 37.0 Å². The van der Waals surface area contributed by atoms with E-state index >= 15 is 0 Å². The third-order valence-electron chi connectivity index (χ3n) is 3.74. The zero-order chi connectivity index (χ0) is 14.2. The first-order chi connectivity index (χ1) is 9.69. The van der Waals surface area contributed by atoms with Gasteiger partial charge in [0.2, 0.25) is 0 Å². The van der Waals surface area contributed by atoms with E-state index in [0.29, 0.717) is 12.2 Å². The molecule has 0 bridgehead atoms. The molecule has 3 aliphatic rings. The first kappa shape index (κ1) is 13.2. The van der Waals surface area contributed by atoms with Gasteiger partial charge in [0.05, 0.1) is 6.61 Å². The normalized spacial score (nSPS) is 27.1. The van der Waals surface area contributed by atoms with Crippen LogP contribution < -0.4 is 5.43 Å². The summed E-state index contributed by atoms with van der Waals surface area (Å²) in [6.07, 6.45) is 11.8. The summed E-state index contributed by atoms with van der Waals surface area (Å²) >= 11 is 6.13. The molecular formula is C15H15ClN2O2. The number of hydrogen-bond donors (Lipinski definition) is 1. The van der Waals surface area contributed by atoms with Crippen molar-refractivity contribution < 1.29 is 9.53 Å². The smallest absolute Gasteiger partial charge is 0.341 e. The number of halogens is 1. The Morgan fingerprint density at radius 1 is 1.55 bits per heavy atom. The Kier molecular flexibility index (Phi) is 3.26. The van der Waals surface area contributed by atoms with E-state index in [9.17, 15) is 4.79 Å². The minimum atomic E-state index is -0.548. The topological polar surface area (TPSA) is 50.7 Å². The Bertz CT molecular complexity index is 613. The van der Waals surface area contributed by atoms with Gasteiger partial charge in [0.1, 0.15) is 11.1 Å². The molecule has 3 rings (SSSR count). The lowest BCUT2D eigenvalue weighted by Crippen LogP contribution is -2.50. The van der Waals surface area contributed by atoms with Gasteiger partial charge in [-0.25, -0.2) is 4.79 Å². The molecule has 0 fully saturated rings. The fraction of sp³-hybridized carbons (Fsp3) is 0.333. The summed E-state index contributed by atoms with van der Waals surface area (Å²) in [5.41, 5.74) is 4.98. The van der Waals surface area contributed by atoms with Crippen LogP contribution in [0, 0.1) is 0 Å². The van der Waals surface area contributed by atoms with Crippen molar-refractivity contribution >= 4 is 22.7 Å². The van der Waals surface area contributed by atoms with Crippen LogP contribution in [0.15, 0.2) is 52.2 Å². The molecule has 0 aromatic heterocycles. The summed E-state index contributed by atoms with van der Waals surface area (Å²) in [5, 5.41) is 4.30. The summed E-state index contributed by atoms with van der Waals surface area (Å²) < 4.78 is 5.13. The van der Waals surface area contributed by atoms with E-state index in [4.69, 9.17) is 16.3 Å². The third kappa shape index (κ3) is 1.83. The van der Waals surface area contributed by atoms with Gasteiger partial charge >= 0.3 is 5.97 Å². The number of carbonyl (C=O) groups is 1. The molecule has 0 aromatic carbocycles. The highest BCUT2D eigenvalue weighted by atomic mass is 35.5. The first-order valence-corrected chi connectivity index (χ1v) is 7.05. The monoisotopic (exact) mass is 290 g/mol. The Hall–Kier alpha value is -1.81. The number of hydrogen-bond acceptors (Lipinski definition) is 4. The SMILES string of the molecule is CCOC(=O)C1=C2CCC=C3C=CC=CC32NN=C1Cl. The molecule has 1 aliphatic heterocycles. The van der Waals surface area contributed by atoms with Gasteiger partial charge < -0.3 is 4.74 Å². The lowest BCUT2D eigenvalue weighted by Gasteiger charge is -2.41. The minimum absolute atomic E-state index is 0.174. The highest BCUT2D eigenvalue weighted by molar-refractivity contribution is 6.72. The Morgan fingerprint density at radius 2 is 2.40 bits per heavy atom. The van der Waals surface area contributed by atoms with Crippen molar-refractivity contribution in [3.8, 4) is 0 Å². The van der Waals surface area contributed by atoms with E-state index in [2.05, 4.69) is 16.6 Å². The standard InChI is InChI=1S/C15H15ClN2O2/c1-2-20-14(19)12-11-8-5-7-10-6-3-4-9-15(10,11)18-17-13(12)16/h3-4,6-7,9,18H,2,5,8H2,1H3. The van der Waals surface area contributed by atoms with Crippen molar-refractivity contribution in [3.63, 3.8) is 0 Å². The van der Waals surface area contributed by atoms with Crippen molar-refractivity contribution in [2.45, 2.75) is 25.3 Å². The van der Waals surface area contributed by atoms with Crippen molar-refractivity contribution in [2.75, 3.05) is 6.61 Å². The Balaban J connectivity index is 2.15. The van der Waals surface area contributed by atoms with Gasteiger partial charge in [0.15, 0.2) is 5.17 Å². The zero-order valence-electron chi connectivity index (χ0n) is 11.1. The van der Waals surface area contributed by atoms with Gasteiger partial charge in [0, 0.05) is 0 Å². The van der Waals surface area contributed by atoms with Gasteiger partial charge in [-0.2, -0.15) is 5.10 Å². The molecular weight excluding hydrogens is 276 g/mol. The van der Waals surface area contributed by atoms with E-state index in [-0.39, 0.29) is 5.17 Å². The fourth-order valence-corrected chi connectivity index (χ4v) is 3.11. The summed E-state index contributed by atoms with van der Waals surface area (Å²) in [6.45, 7) is 2.10. The number of rotatable bonds is 2. The molecule has 5 heteroatoms. The van der Waals surface area contributed by atoms with Crippen LogP contribution in [0.25, 0.3) is 0 Å². The average Bonchev–Trinajstić information content (AvgIpc) is 2.46. The molecule has 1 spiro atoms. The number of carbonyl (C=O) groups excluding carboxylic acids is 1. The lowest BCUT2D eigenvalue weighted by molar-refractivity contribution is -0.138. The second-order valence-corrected chi connectivity index (χ2v) is 5.17. The van der Waals surface area contributed by atoms with Gasteiger partial charge in [-0.15, -0.1) is 0 Å². The molecule has 0 amide bonds. The molecule has 1 atom stereocenters. The lowest BCUT2D eigenvalue weighted by atomic mass is 9.72. The average molecular weight is 291 g/mol. The number of nitrogens with zero attached hydrogens (tertiary/aromatic N) is 1. The molecule has 104 valence electrons. The van der Waals surface area contributed by atoms with Crippen molar-refractivity contribution in [3.05, 3.63) is 47.1 Å². The maximum Gasteiger partial charge on any atom is 0.341 e. The van der Waals surface area contributed by atoms with E-state index in [1.807, 2.05) is 24.3 Å². The van der Waals surface area contributed by atoms with Crippen LogP contribution in [-0.2, 0) is 9.53 Å². The van der Waals surface area contributed by atoms with E-state index in [0.717, 1.165) is 24.0 Å². The molecule has 0 aromatic rings.